The third-order valence-corrected chi connectivity index (χ3v) is 2.81. The molecule has 0 bridgehead atoms. The van der Waals surface area contributed by atoms with Crippen LogP contribution in [0.4, 0.5) is 0 Å². The quantitative estimate of drug-likeness (QED) is 0.543. The lowest BCUT2D eigenvalue weighted by molar-refractivity contribution is 0.129. The Morgan fingerprint density at radius 1 is 1.47 bits per heavy atom. The zero-order chi connectivity index (χ0) is 10.5. The van der Waals surface area contributed by atoms with Crippen molar-refractivity contribution in [3.8, 4) is 0 Å². The maximum atomic E-state index is 5.25. The van der Waals surface area contributed by atoms with Gasteiger partial charge in [-0.05, 0) is 31.2 Å². The molecule has 80 valence electrons. The summed E-state index contributed by atoms with van der Waals surface area (Å²) >= 11 is 0. The van der Waals surface area contributed by atoms with Crippen LogP contribution in [0.1, 0.15) is 30.4 Å². The molecule has 0 amide bonds. The SMILES string of the molecule is Cc1cccc(CON=CC2CCC2)c1. The van der Waals surface area contributed by atoms with Crippen molar-refractivity contribution in [2.75, 3.05) is 0 Å². The predicted octanol–water partition coefficient (Wildman–Crippen LogP) is 3.30. The van der Waals surface area contributed by atoms with Crippen LogP contribution in [0.5, 0.6) is 0 Å². The van der Waals surface area contributed by atoms with Gasteiger partial charge in [-0.25, -0.2) is 0 Å². The molecule has 1 aromatic rings. The number of benzene rings is 1. The van der Waals surface area contributed by atoms with Crippen molar-refractivity contribution in [2.45, 2.75) is 32.8 Å². The lowest BCUT2D eigenvalue weighted by Gasteiger charge is -2.19. The van der Waals surface area contributed by atoms with Gasteiger partial charge in [0.05, 0.1) is 0 Å². The molecule has 0 aromatic heterocycles. The van der Waals surface area contributed by atoms with Crippen LogP contribution < -0.4 is 0 Å². The van der Waals surface area contributed by atoms with Crippen molar-refractivity contribution in [3.63, 3.8) is 0 Å². The summed E-state index contributed by atoms with van der Waals surface area (Å²) in [5.74, 6) is 0.669. The minimum Gasteiger partial charge on any atom is -0.391 e. The van der Waals surface area contributed by atoms with Crippen LogP contribution in [0.25, 0.3) is 0 Å². The Morgan fingerprint density at radius 2 is 2.33 bits per heavy atom. The largest absolute Gasteiger partial charge is 0.391 e. The standard InChI is InChI=1S/C13H17NO/c1-11-4-2-7-13(8-11)10-15-14-9-12-5-3-6-12/h2,4,7-9,12H,3,5-6,10H2,1H3. The summed E-state index contributed by atoms with van der Waals surface area (Å²) in [6.07, 6.45) is 5.84. The molecule has 2 rings (SSSR count). The summed E-state index contributed by atoms with van der Waals surface area (Å²) in [6, 6.07) is 8.32. The molecule has 0 saturated heterocycles. The molecule has 2 heteroatoms. The lowest BCUT2D eigenvalue weighted by atomic mass is 9.87. The monoisotopic (exact) mass is 203 g/mol. The van der Waals surface area contributed by atoms with E-state index in [1.807, 2.05) is 12.3 Å². The van der Waals surface area contributed by atoms with Crippen LogP contribution in [0.3, 0.4) is 0 Å². The molecule has 1 aliphatic rings. The Bertz CT molecular complexity index is 342. The molecule has 1 aliphatic carbocycles. The highest BCUT2D eigenvalue weighted by Gasteiger charge is 2.14. The van der Waals surface area contributed by atoms with Gasteiger partial charge in [-0.15, -0.1) is 0 Å². The molecule has 2 nitrogen and oxygen atoms in total. The molecular weight excluding hydrogens is 186 g/mol. The molecule has 0 N–H and O–H groups in total. The van der Waals surface area contributed by atoms with Gasteiger partial charge in [-0.3, -0.25) is 0 Å². The maximum Gasteiger partial charge on any atom is 0.142 e. The number of nitrogens with zero attached hydrogens (tertiary/aromatic N) is 1. The summed E-state index contributed by atoms with van der Waals surface area (Å²) < 4.78 is 0. The van der Waals surface area contributed by atoms with E-state index >= 15 is 0 Å². The Labute approximate surface area is 90.9 Å². The van der Waals surface area contributed by atoms with E-state index in [0.29, 0.717) is 12.5 Å². The van der Waals surface area contributed by atoms with E-state index in [4.69, 9.17) is 4.84 Å². The van der Waals surface area contributed by atoms with Gasteiger partial charge in [0.1, 0.15) is 6.61 Å². The van der Waals surface area contributed by atoms with E-state index in [0.717, 1.165) is 0 Å². The number of hydrogen-bond donors (Lipinski definition) is 0. The number of hydrogen-bond acceptors (Lipinski definition) is 2. The molecule has 1 aromatic carbocycles. The summed E-state index contributed by atoms with van der Waals surface area (Å²) in [6.45, 7) is 2.66. The molecule has 0 heterocycles. The minimum absolute atomic E-state index is 0.574. The predicted molar refractivity (Wildman–Crippen MR) is 61.8 cm³/mol. The van der Waals surface area contributed by atoms with Crippen molar-refractivity contribution < 1.29 is 4.84 Å². The second-order valence-electron chi connectivity index (χ2n) is 4.21. The third-order valence-electron chi connectivity index (χ3n) is 2.81. The zero-order valence-corrected chi connectivity index (χ0v) is 9.15. The van der Waals surface area contributed by atoms with Gasteiger partial charge in [0, 0.05) is 6.21 Å². The van der Waals surface area contributed by atoms with Crippen molar-refractivity contribution in [2.24, 2.45) is 11.1 Å². The summed E-state index contributed by atoms with van der Waals surface area (Å²) in [7, 11) is 0. The van der Waals surface area contributed by atoms with E-state index < -0.39 is 0 Å². The van der Waals surface area contributed by atoms with Gasteiger partial charge in [0.2, 0.25) is 0 Å². The molecule has 0 unspecified atom stereocenters. The molecule has 0 aliphatic heterocycles. The molecule has 1 fully saturated rings. The van der Waals surface area contributed by atoms with Gasteiger partial charge in [0.15, 0.2) is 0 Å². The van der Waals surface area contributed by atoms with Crippen LogP contribution in [0.15, 0.2) is 29.4 Å². The van der Waals surface area contributed by atoms with Gasteiger partial charge < -0.3 is 4.84 Å². The average Bonchev–Trinajstić information content (AvgIpc) is 2.15. The first-order valence-corrected chi connectivity index (χ1v) is 5.55. The average molecular weight is 203 g/mol. The van der Waals surface area contributed by atoms with Crippen molar-refractivity contribution >= 4 is 6.21 Å². The van der Waals surface area contributed by atoms with Crippen LogP contribution in [-0.4, -0.2) is 6.21 Å². The summed E-state index contributed by atoms with van der Waals surface area (Å²) in [5, 5.41) is 3.99. The second kappa shape index (κ2) is 4.96. The third kappa shape index (κ3) is 3.08. The number of rotatable bonds is 4. The Hall–Kier alpha value is -1.31. The highest BCUT2D eigenvalue weighted by molar-refractivity contribution is 5.60. The fraction of sp³-hybridized carbons (Fsp3) is 0.462. The van der Waals surface area contributed by atoms with Crippen LogP contribution in [0.2, 0.25) is 0 Å². The molecule has 15 heavy (non-hydrogen) atoms. The molecular formula is C13H17NO. The van der Waals surface area contributed by atoms with Crippen LogP contribution >= 0.6 is 0 Å². The van der Waals surface area contributed by atoms with E-state index in [-0.39, 0.29) is 0 Å². The minimum atomic E-state index is 0.574. The van der Waals surface area contributed by atoms with Crippen molar-refractivity contribution in [1.82, 2.24) is 0 Å². The first-order chi connectivity index (χ1) is 7.34. The van der Waals surface area contributed by atoms with E-state index in [1.54, 1.807) is 0 Å². The summed E-state index contributed by atoms with van der Waals surface area (Å²) in [5.41, 5.74) is 2.44. The Kier molecular flexibility index (Phi) is 3.38. The normalized spacial score (nSPS) is 16.6. The topological polar surface area (TPSA) is 21.6 Å². The zero-order valence-electron chi connectivity index (χ0n) is 9.15. The van der Waals surface area contributed by atoms with Crippen LogP contribution in [-0.2, 0) is 11.4 Å². The second-order valence-corrected chi connectivity index (χ2v) is 4.21. The summed E-state index contributed by atoms with van der Waals surface area (Å²) in [4.78, 5) is 5.25. The van der Waals surface area contributed by atoms with E-state index in [9.17, 15) is 0 Å². The first-order valence-electron chi connectivity index (χ1n) is 5.55. The maximum absolute atomic E-state index is 5.25. The first kappa shape index (κ1) is 10.2. The molecule has 1 saturated carbocycles. The van der Waals surface area contributed by atoms with Gasteiger partial charge in [0.25, 0.3) is 0 Å². The fourth-order valence-corrected chi connectivity index (χ4v) is 1.63. The Morgan fingerprint density at radius 3 is 3.00 bits per heavy atom. The molecule has 0 spiro atoms. The van der Waals surface area contributed by atoms with Gasteiger partial charge in [-0.2, -0.15) is 0 Å². The highest BCUT2D eigenvalue weighted by Crippen LogP contribution is 2.24. The van der Waals surface area contributed by atoms with Crippen molar-refractivity contribution in [1.29, 1.82) is 0 Å². The molecule has 0 radical (unpaired) electrons. The Balaban J connectivity index is 1.75. The van der Waals surface area contributed by atoms with Crippen molar-refractivity contribution in [3.05, 3.63) is 35.4 Å². The fourth-order valence-electron chi connectivity index (χ4n) is 1.63. The van der Waals surface area contributed by atoms with E-state index in [2.05, 4.69) is 30.3 Å². The smallest absolute Gasteiger partial charge is 0.142 e. The number of aryl methyl sites for hydroxylation is 1. The molecule has 0 atom stereocenters. The van der Waals surface area contributed by atoms with Crippen LogP contribution in [0, 0.1) is 12.8 Å². The van der Waals surface area contributed by atoms with Gasteiger partial charge in [-0.1, -0.05) is 41.4 Å². The van der Waals surface area contributed by atoms with E-state index in [1.165, 1.54) is 30.4 Å². The number of oxime groups is 1. The van der Waals surface area contributed by atoms with Gasteiger partial charge >= 0.3 is 0 Å². The lowest BCUT2D eigenvalue weighted by Crippen LogP contribution is -2.11. The highest BCUT2D eigenvalue weighted by atomic mass is 16.6.